The SMILES string of the molecule is Cc1ccc(NC(=O)CN2C[C@@H](C)O[C@@H](C)C2)c(N)c1. The molecule has 3 N–H and O–H groups in total. The zero-order chi connectivity index (χ0) is 14.7. The quantitative estimate of drug-likeness (QED) is 0.824. The molecule has 1 aromatic carbocycles. The van der Waals surface area contributed by atoms with Crippen LogP contribution < -0.4 is 11.1 Å². The summed E-state index contributed by atoms with van der Waals surface area (Å²) < 4.78 is 5.66. The smallest absolute Gasteiger partial charge is 0.238 e. The highest BCUT2D eigenvalue weighted by Gasteiger charge is 2.23. The third-order valence-electron chi connectivity index (χ3n) is 3.34. The molecule has 1 saturated heterocycles. The predicted molar refractivity (Wildman–Crippen MR) is 80.7 cm³/mol. The fourth-order valence-electron chi connectivity index (χ4n) is 2.60. The second-order valence-electron chi connectivity index (χ2n) is 5.59. The second kappa shape index (κ2) is 6.24. The van der Waals surface area contributed by atoms with Crippen molar-refractivity contribution in [1.82, 2.24) is 4.90 Å². The number of hydrogen-bond acceptors (Lipinski definition) is 4. The minimum atomic E-state index is -0.0400. The first-order valence-corrected chi connectivity index (χ1v) is 6.98. The monoisotopic (exact) mass is 277 g/mol. The number of amides is 1. The maximum absolute atomic E-state index is 12.1. The molecule has 1 heterocycles. The molecule has 0 radical (unpaired) electrons. The number of anilines is 2. The van der Waals surface area contributed by atoms with Crippen molar-refractivity contribution in [2.45, 2.75) is 33.0 Å². The van der Waals surface area contributed by atoms with E-state index in [4.69, 9.17) is 10.5 Å². The number of nitrogen functional groups attached to an aromatic ring is 1. The Kier molecular flexibility index (Phi) is 4.62. The molecular formula is C15H23N3O2. The molecule has 2 rings (SSSR count). The molecule has 5 heteroatoms. The second-order valence-corrected chi connectivity index (χ2v) is 5.59. The highest BCUT2D eigenvalue weighted by molar-refractivity contribution is 5.95. The van der Waals surface area contributed by atoms with Crippen LogP contribution in [-0.4, -0.2) is 42.6 Å². The summed E-state index contributed by atoms with van der Waals surface area (Å²) in [5.74, 6) is -0.0400. The van der Waals surface area contributed by atoms with Crippen LogP contribution in [0.5, 0.6) is 0 Å². The summed E-state index contributed by atoms with van der Waals surface area (Å²) >= 11 is 0. The van der Waals surface area contributed by atoms with E-state index in [1.807, 2.05) is 39.0 Å². The summed E-state index contributed by atoms with van der Waals surface area (Å²) in [6.07, 6.45) is 0.326. The summed E-state index contributed by atoms with van der Waals surface area (Å²) in [5.41, 5.74) is 8.25. The number of aryl methyl sites for hydroxylation is 1. The fourth-order valence-corrected chi connectivity index (χ4v) is 2.60. The summed E-state index contributed by atoms with van der Waals surface area (Å²) in [6, 6.07) is 5.63. The van der Waals surface area contributed by atoms with Crippen LogP contribution in [0.25, 0.3) is 0 Å². The Bertz CT molecular complexity index is 480. The summed E-state index contributed by atoms with van der Waals surface area (Å²) in [7, 11) is 0. The number of hydrogen-bond donors (Lipinski definition) is 2. The number of ether oxygens (including phenoxy) is 1. The molecule has 110 valence electrons. The minimum absolute atomic E-state index is 0.0400. The minimum Gasteiger partial charge on any atom is -0.397 e. The third kappa shape index (κ3) is 3.95. The molecule has 1 aromatic rings. The Hall–Kier alpha value is -1.59. The first kappa shape index (κ1) is 14.8. The van der Waals surface area contributed by atoms with Crippen LogP contribution in [0.4, 0.5) is 11.4 Å². The molecule has 1 aliphatic rings. The van der Waals surface area contributed by atoms with E-state index in [-0.39, 0.29) is 18.1 Å². The van der Waals surface area contributed by atoms with E-state index in [9.17, 15) is 4.79 Å². The van der Waals surface area contributed by atoms with Crippen LogP contribution in [0.2, 0.25) is 0 Å². The largest absolute Gasteiger partial charge is 0.397 e. The molecule has 1 amide bonds. The van der Waals surface area contributed by atoms with Gasteiger partial charge >= 0.3 is 0 Å². The summed E-state index contributed by atoms with van der Waals surface area (Å²) in [5, 5.41) is 2.87. The summed E-state index contributed by atoms with van der Waals surface area (Å²) in [6.45, 7) is 7.95. The lowest BCUT2D eigenvalue weighted by molar-refractivity contribution is -0.121. The van der Waals surface area contributed by atoms with Gasteiger partial charge in [-0.15, -0.1) is 0 Å². The molecule has 0 spiro atoms. The highest BCUT2D eigenvalue weighted by Crippen LogP contribution is 2.19. The topological polar surface area (TPSA) is 67.6 Å². The van der Waals surface area contributed by atoms with E-state index < -0.39 is 0 Å². The van der Waals surface area contributed by atoms with Crippen molar-refractivity contribution in [3.63, 3.8) is 0 Å². The van der Waals surface area contributed by atoms with Gasteiger partial charge in [0.05, 0.1) is 30.1 Å². The number of carbonyl (C=O) groups is 1. The maximum atomic E-state index is 12.1. The number of nitrogens with zero attached hydrogens (tertiary/aromatic N) is 1. The van der Waals surface area contributed by atoms with E-state index in [1.54, 1.807) is 0 Å². The molecular weight excluding hydrogens is 254 g/mol. The van der Waals surface area contributed by atoms with Gasteiger partial charge in [0.2, 0.25) is 5.91 Å². The Morgan fingerprint density at radius 1 is 1.40 bits per heavy atom. The Labute approximate surface area is 120 Å². The van der Waals surface area contributed by atoms with Crippen LogP contribution in [0.3, 0.4) is 0 Å². The van der Waals surface area contributed by atoms with Crippen molar-refractivity contribution in [3.05, 3.63) is 23.8 Å². The zero-order valence-corrected chi connectivity index (χ0v) is 12.3. The van der Waals surface area contributed by atoms with Crippen LogP contribution in [0.15, 0.2) is 18.2 Å². The van der Waals surface area contributed by atoms with E-state index in [2.05, 4.69) is 10.2 Å². The van der Waals surface area contributed by atoms with Crippen molar-refractivity contribution in [3.8, 4) is 0 Å². The normalized spacial score (nSPS) is 23.6. The van der Waals surface area contributed by atoms with Crippen molar-refractivity contribution in [2.75, 3.05) is 30.7 Å². The Morgan fingerprint density at radius 2 is 2.05 bits per heavy atom. The molecule has 0 aromatic heterocycles. The number of morpholine rings is 1. The average Bonchev–Trinajstić information content (AvgIpc) is 2.31. The van der Waals surface area contributed by atoms with Gasteiger partial charge in [0.25, 0.3) is 0 Å². The predicted octanol–water partition coefficient (Wildman–Crippen LogP) is 1.62. The van der Waals surface area contributed by atoms with E-state index in [0.717, 1.165) is 18.7 Å². The number of nitrogens with two attached hydrogens (primary N) is 1. The highest BCUT2D eigenvalue weighted by atomic mass is 16.5. The first-order valence-electron chi connectivity index (χ1n) is 6.98. The van der Waals surface area contributed by atoms with Crippen LogP contribution >= 0.6 is 0 Å². The average molecular weight is 277 g/mol. The molecule has 0 bridgehead atoms. The van der Waals surface area contributed by atoms with Gasteiger partial charge in [0.1, 0.15) is 0 Å². The number of rotatable bonds is 3. The van der Waals surface area contributed by atoms with Crippen molar-refractivity contribution >= 4 is 17.3 Å². The number of benzene rings is 1. The van der Waals surface area contributed by atoms with Gasteiger partial charge in [0, 0.05) is 13.1 Å². The van der Waals surface area contributed by atoms with Crippen LogP contribution in [0.1, 0.15) is 19.4 Å². The van der Waals surface area contributed by atoms with Crippen LogP contribution in [0, 0.1) is 6.92 Å². The standard InChI is InChI=1S/C15H23N3O2/c1-10-4-5-14(13(16)6-10)17-15(19)9-18-7-11(2)20-12(3)8-18/h4-6,11-12H,7-9,16H2,1-3H3,(H,17,19)/t11-,12+. The van der Waals surface area contributed by atoms with Crippen molar-refractivity contribution in [1.29, 1.82) is 0 Å². The van der Waals surface area contributed by atoms with Gasteiger partial charge in [-0.25, -0.2) is 0 Å². The van der Waals surface area contributed by atoms with Gasteiger partial charge in [-0.1, -0.05) is 6.07 Å². The molecule has 0 saturated carbocycles. The van der Waals surface area contributed by atoms with Crippen LogP contribution in [-0.2, 0) is 9.53 Å². The van der Waals surface area contributed by atoms with E-state index in [0.29, 0.717) is 17.9 Å². The van der Waals surface area contributed by atoms with E-state index in [1.165, 1.54) is 0 Å². The molecule has 5 nitrogen and oxygen atoms in total. The number of nitrogens with one attached hydrogen (secondary N) is 1. The van der Waals surface area contributed by atoms with Gasteiger partial charge in [-0.3, -0.25) is 9.69 Å². The molecule has 2 atom stereocenters. The van der Waals surface area contributed by atoms with Crippen molar-refractivity contribution in [2.24, 2.45) is 0 Å². The maximum Gasteiger partial charge on any atom is 0.238 e. The molecule has 0 unspecified atom stereocenters. The Balaban J connectivity index is 1.92. The van der Waals surface area contributed by atoms with Crippen molar-refractivity contribution < 1.29 is 9.53 Å². The molecule has 20 heavy (non-hydrogen) atoms. The fraction of sp³-hybridized carbons (Fsp3) is 0.533. The lowest BCUT2D eigenvalue weighted by atomic mass is 10.2. The third-order valence-corrected chi connectivity index (χ3v) is 3.34. The van der Waals surface area contributed by atoms with Gasteiger partial charge in [-0.05, 0) is 38.5 Å². The van der Waals surface area contributed by atoms with Gasteiger partial charge in [-0.2, -0.15) is 0 Å². The molecule has 1 aliphatic heterocycles. The first-order chi connectivity index (χ1) is 9.44. The van der Waals surface area contributed by atoms with E-state index >= 15 is 0 Å². The van der Waals surface area contributed by atoms with Gasteiger partial charge < -0.3 is 15.8 Å². The molecule has 1 fully saturated rings. The van der Waals surface area contributed by atoms with Gasteiger partial charge in [0.15, 0.2) is 0 Å². The molecule has 0 aliphatic carbocycles. The lowest BCUT2D eigenvalue weighted by Crippen LogP contribution is -2.48. The number of carbonyl (C=O) groups excluding carboxylic acids is 1. The zero-order valence-electron chi connectivity index (χ0n) is 12.3. The summed E-state index contributed by atoms with van der Waals surface area (Å²) in [4.78, 5) is 14.2. The Morgan fingerprint density at radius 3 is 2.65 bits per heavy atom. The lowest BCUT2D eigenvalue weighted by Gasteiger charge is -2.34.